The smallest absolute Gasteiger partial charge is 0.353 e. The Hall–Kier alpha value is -2.53. The molecule has 6 heteroatoms. The van der Waals surface area contributed by atoms with Crippen LogP contribution in [0.25, 0.3) is 22.0 Å². The molecular weight excluding hydrogens is 280 g/mol. The molecule has 0 fully saturated rings. The van der Waals surface area contributed by atoms with Crippen LogP contribution in [0.3, 0.4) is 0 Å². The molecule has 3 aromatic rings. The Kier molecular flexibility index (Phi) is 2.84. The Morgan fingerprint density at radius 2 is 1.95 bits per heavy atom. The van der Waals surface area contributed by atoms with Gasteiger partial charge in [0.05, 0.1) is 5.69 Å². The number of nitrogens with zero attached hydrogens (tertiary/aromatic N) is 1. The highest BCUT2D eigenvalue weighted by molar-refractivity contribution is 6.31. The Balaban J connectivity index is 2.19. The molecule has 100 valence electrons. The molecule has 0 unspecified atom stereocenters. The van der Waals surface area contributed by atoms with E-state index in [1.165, 1.54) is 6.07 Å². The van der Waals surface area contributed by atoms with Crippen molar-refractivity contribution in [3.8, 4) is 17.0 Å². The number of aromatic amines is 1. The van der Waals surface area contributed by atoms with Gasteiger partial charge >= 0.3 is 5.97 Å². The zero-order valence-corrected chi connectivity index (χ0v) is 10.8. The largest absolute Gasteiger partial charge is 0.507 e. The van der Waals surface area contributed by atoms with E-state index in [1.807, 2.05) is 0 Å². The van der Waals surface area contributed by atoms with Crippen molar-refractivity contribution >= 4 is 28.3 Å². The molecule has 1 aromatic heterocycles. The molecule has 0 aliphatic rings. The average molecular weight is 289 g/mol. The fourth-order valence-electron chi connectivity index (χ4n) is 2.03. The summed E-state index contributed by atoms with van der Waals surface area (Å²) < 4.78 is 0. The summed E-state index contributed by atoms with van der Waals surface area (Å²) in [5, 5.41) is 27.5. The zero-order valence-electron chi connectivity index (χ0n) is 10.1. The number of aromatic carboxylic acids is 1. The normalized spacial score (nSPS) is 10.8. The van der Waals surface area contributed by atoms with Crippen molar-refractivity contribution < 1.29 is 15.0 Å². The van der Waals surface area contributed by atoms with E-state index < -0.39 is 5.97 Å². The summed E-state index contributed by atoms with van der Waals surface area (Å²) in [4.78, 5) is 10.8. The number of carbonyl (C=O) groups is 1. The molecule has 0 amide bonds. The second kappa shape index (κ2) is 4.54. The van der Waals surface area contributed by atoms with E-state index in [9.17, 15) is 9.90 Å². The van der Waals surface area contributed by atoms with Crippen molar-refractivity contribution in [2.75, 3.05) is 0 Å². The van der Waals surface area contributed by atoms with Crippen molar-refractivity contribution in [2.24, 2.45) is 0 Å². The standard InChI is InChI=1S/C14H9ClN2O3/c15-9-2-1-7-5-13(18)10(4-8(7)3-9)11-6-12(14(19)20)17-16-11/h1-6,18H,(H,16,17)(H,19,20). The second-order valence-electron chi connectivity index (χ2n) is 4.33. The van der Waals surface area contributed by atoms with E-state index in [0.29, 0.717) is 16.3 Å². The molecule has 1 heterocycles. The van der Waals surface area contributed by atoms with E-state index >= 15 is 0 Å². The van der Waals surface area contributed by atoms with Crippen LogP contribution in [0, 0.1) is 0 Å². The highest BCUT2D eigenvalue weighted by Crippen LogP contribution is 2.33. The summed E-state index contributed by atoms with van der Waals surface area (Å²) in [7, 11) is 0. The maximum atomic E-state index is 10.8. The monoisotopic (exact) mass is 288 g/mol. The van der Waals surface area contributed by atoms with Crippen molar-refractivity contribution in [3.63, 3.8) is 0 Å². The first-order valence-electron chi connectivity index (χ1n) is 5.76. The maximum Gasteiger partial charge on any atom is 0.353 e. The maximum absolute atomic E-state index is 10.8. The molecule has 0 atom stereocenters. The third-order valence-electron chi connectivity index (χ3n) is 3.00. The lowest BCUT2D eigenvalue weighted by molar-refractivity contribution is 0.0690. The van der Waals surface area contributed by atoms with Gasteiger partial charge in [0, 0.05) is 10.6 Å². The molecule has 20 heavy (non-hydrogen) atoms. The number of halogens is 1. The van der Waals surface area contributed by atoms with Crippen LogP contribution in [-0.4, -0.2) is 26.4 Å². The quantitative estimate of drug-likeness (QED) is 0.675. The van der Waals surface area contributed by atoms with Crippen LogP contribution >= 0.6 is 11.6 Å². The molecule has 3 N–H and O–H groups in total. The predicted octanol–water partition coefficient (Wildman–Crippen LogP) is 3.29. The second-order valence-corrected chi connectivity index (χ2v) is 4.77. The van der Waals surface area contributed by atoms with Gasteiger partial charge in [-0.15, -0.1) is 0 Å². The van der Waals surface area contributed by atoms with Crippen LogP contribution in [0.4, 0.5) is 0 Å². The summed E-state index contributed by atoms with van der Waals surface area (Å²) in [6.07, 6.45) is 0. The number of fused-ring (bicyclic) bond motifs is 1. The minimum Gasteiger partial charge on any atom is -0.507 e. The van der Waals surface area contributed by atoms with Crippen LogP contribution in [0.2, 0.25) is 5.02 Å². The van der Waals surface area contributed by atoms with Crippen molar-refractivity contribution in [1.29, 1.82) is 0 Å². The van der Waals surface area contributed by atoms with Gasteiger partial charge in [-0.3, -0.25) is 5.10 Å². The minimum absolute atomic E-state index is 0.0308. The van der Waals surface area contributed by atoms with Crippen LogP contribution < -0.4 is 0 Å². The molecular formula is C14H9ClN2O3. The first-order chi connectivity index (χ1) is 9.54. The molecule has 0 bridgehead atoms. The SMILES string of the molecule is O=C(O)c1cc(-c2cc3cc(Cl)ccc3cc2O)n[nH]1. The number of H-pyrrole nitrogens is 1. The molecule has 3 rings (SSSR count). The number of nitrogens with one attached hydrogen (secondary N) is 1. The number of phenolic OH excluding ortho intramolecular Hbond substituents is 1. The van der Waals surface area contributed by atoms with Gasteiger partial charge in [0.15, 0.2) is 0 Å². The third kappa shape index (κ3) is 2.08. The lowest BCUT2D eigenvalue weighted by Gasteiger charge is -2.05. The number of carboxylic acids is 1. The zero-order chi connectivity index (χ0) is 14.3. The Morgan fingerprint density at radius 1 is 1.15 bits per heavy atom. The molecule has 5 nitrogen and oxygen atoms in total. The summed E-state index contributed by atoms with van der Waals surface area (Å²) in [6, 6.07) is 9.99. The van der Waals surface area contributed by atoms with Gasteiger partial charge in [0.2, 0.25) is 0 Å². The highest BCUT2D eigenvalue weighted by Gasteiger charge is 2.13. The number of benzene rings is 2. The van der Waals surface area contributed by atoms with Gasteiger partial charge in [0.1, 0.15) is 11.4 Å². The lowest BCUT2D eigenvalue weighted by Crippen LogP contribution is -1.95. The van der Waals surface area contributed by atoms with E-state index in [1.54, 1.807) is 30.3 Å². The fraction of sp³-hybridized carbons (Fsp3) is 0. The lowest BCUT2D eigenvalue weighted by atomic mass is 10.0. The van der Waals surface area contributed by atoms with Crippen molar-refractivity contribution in [1.82, 2.24) is 10.2 Å². The van der Waals surface area contributed by atoms with E-state index in [0.717, 1.165) is 10.8 Å². The van der Waals surface area contributed by atoms with Crippen LogP contribution in [-0.2, 0) is 0 Å². The molecule has 0 spiro atoms. The molecule has 2 aromatic carbocycles. The van der Waals surface area contributed by atoms with Gasteiger partial charge in [-0.1, -0.05) is 17.7 Å². The first kappa shape index (κ1) is 12.5. The number of carboxylic acid groups (broad SMARTS) is 1. The molecule has 0 aliphatic heterocycles. The van der Waals surface area contributed by atoms with E-state index in [-0.39, 0.29) is 11.4 Å². The Labute approximate surface area is 118 Å². The number of rotatable bonds is 2. The van der Waals surface area contributed by atoms with Crippen molar-refractivity contribution in [2.45, 2.75) is 0 Å². The number of aromatic hydroxyl groups is 1. The molecule has 0 aliphatic carbocycles. The highest BCUT2D eigenvalue weighted by atomic mass is 35.5. The first-order valence-corrected chi connectivity index (χ1v) is 6.14. The third-order valence-corrected chi connectivity index (χ3v) is 3.24. The summed E-state index contributed by atoms with van der Waals surface area (Å²) >= 11 is 5.94. The minimum atomic E-state index is -1.10. The van der Waals surface area contributed by atoms with E-state index in [2.05, 4.69) is 10.2 Å². The van der Waals surface area contributed by atoms with Crippen LogP contribution in [0.15, 0.2) is 36.4 Å². The molecule has 0 saturated carbocycles. The predicted molar refractivity (Wildman–Crippen MR) is 75.2 cm³/mol. The number of hydrogen-bond donors (Lipinski definition) is 3. The summed E-state index contributed by atoms with van der Waals surface area (Å²) in [6.45, 7) is 0. The van der Waals surface area contributed by atoms with Gasteiger partial charge in [-0.25, -0.2) is 4.79 Å². The van der Waals surface area contributed by atoms with Crippen molar-refractivity contribution in [3.05, 3.63) is 47.1 Å². The van der Waals surface area contributed by atoms with E-state index in [4.69, 9.17) is 16.7 Å². The van der Waals surface area contributed by atoms with Crippen LogP contribution in [0.1, 0.15) is 10.5 Å². The number of hydrogen-bond acceptors (Lipinski definition) is 3. The Morgan fingerprint density at radius 3 is 2.65 bits per heavy atom. The van der Waals surface area contributed by atoms with Crippen LogP contribution in [0.5, 0.6) is 5.75 Å². The summed E-state index contributed by atoms with van der Waals surface area (Å²) in [5.41, 5.74) is 0.774. The molecule has 0 saturated heterocycles. The fourth-order valence-corrected chi connectivity index (χ4v) is 2.21. The Bertz CT molecular complexity index is 826. The van der Waals surface area contributed by atoms with Gasteiger partial charge in [-0.05, 0) is 41.1 Å². The van der Waals surface area contributed by atoms with Gasteiger partial charge in [-0.2, -0.15) is 5.10 Å². The molecule has 0 radical (unpaired) electrons. The summed E-state index contributed by atoms with van der Waals surface area (Å²) in [5.74, 6) is -1.07. The number of aromatic nitrogens is 2. The topological polar surface area (TPSA) is 86.2 Å². The average Bonchev–Trinajstić information content (AvgIpc) is 2.88. The number of phenols is 1. The van der Waals surface area contributed by atoms with Gasteiger partial charge < -0.3 is 10.2 Å². The van der Waals surface area contributed by atoms with Gasteiger partial charge in [0.25, 0.3) is 0 Å².